The predicted octanol–water partition coefficient (Wildman–Crippen LogP) is 0.689. The van der Waals surface area contributed by atoms with Gasteiger partial charge in [0.05, 0.1) is 0 Å². The quantitative estimate of drug-likeness (QED) is 0.573. The van der Waals surface area contributed by atoms with E-state index >= 15 is 0 Å². The molecule has 37 valence electrons. The van der Waals surface area contributed by atoms with Gasteiger partial charge in [0.1, 0.15) is 0 Å². The Labute approximate surface area is 55.5 Å². The van der Waals surface area contributed by atoms with Crippen LogP contribution in [0.2, 0.25) is 4.82 Å². The second kappa shape index (κ2) is 2.74. The van der Waals surface area contributed by atoms with Crippen LogP contribution in [0.25, 0.3) is 0 Å². The third-order valence-electron chi connectivity index (χ3n) is 0.824. The molecule has 0 aromatic heterocycles. The van der Waals surface area contributed by atoms with Crippen molar-refractivity contribution < 1.29 is 0 Å². The van der Waals surface area contributed by atoms with Crippen molar-refractivity contribution in [1.29, 1.82) is 0 Å². The van der Waals surface area contributed by atoms with E-state index in [1.54, 1.807) is 0 Å². The van der Waals surface area contributed by atoms with E-state index in [-0.39, 0.29) is 0 Å². The molecule has 1 aliphatic carbocycles. The van der Waals surface area contributed by atoms with Crippen LogP contribution in [0.1, 0.15) is 0 Å². The van der Waals surface area contributed by atoms with Crippen molar-refractivity contribution in [3.05, 3.63) is 24.3 Å². The molecule has 0 unspecified atom stereocenters. The van der Waals surface area contributed by atoms with Gasteiger partial charge in [0.2, 0.25) is 0 Å². The van der Waals surface area contributed by atoms with E-state index in [4.69, 9.17) is 0 Å². The zero-order valence-electron chi connectivity index (χ0n) is 3.70. The van der Waals surface area contributed by atoms with E-state index in [0.717, 1.165) is 4.82 Å². The van der Waals surface area contributed by atoms with E-state index in [1.165, 1.54) is 0 Å². The number of hydrogen-bond donors (Lipinski definition) is 0. The summed E-state index contributed by atoms with van der Waals surface area (Å²) in [6, 6.07) is 0. The van der Waals surface area contributed by atoms with Gasteiger partial charge in [-0.1, -0.05) is 0 Å². The Kier molecular flexibility index (Phi) is 2.21. The van der Waals surface area contributed by atoms with E-state index < -0.39 is 0 Å². The van der Waals surface area contributed by atoms with E-state index in [0.29, 0.717) is 12.6 Å². The fraction of sp³-hybridized carbons (Fsp3) is 0.200. The Hall–Kier alpha value is 0.519. The van der Waals surface area contributed by atoms with Crippen LogP contribution in [-0.4, -0.2) is 26.3 Å². The van der Waals surface area contributed by atoms with Crippen LogP contribution in [-0.2, 0) is 0 Å². The molecular formula is C5H5Se2. The van der Waals surface area contributed by atoms with Crippen molar-refractivity contribution in [2.75, 3.05) is 0 Å². The molecular weight excluding hydrogens is 218 g/mol. The van der Waals surface area contributed by atoms with Crippen molar-refractivity contribution in [3.63, 3.8) is 0 Å². The molecule has 0 bridgehead atoms. The predicted molar refractivity (Wildman–Crippen MR) is 33.5 cm³/mol. The molecule has 0 heterocycles. The van der Waals surface area contributed by atoms with Crippen LogP contribution in [0.4, 0.5) is 0 Å². The summed E-state index contributed by atoms with van der Waals surface area (Å²) in [6.07, 6.45) is 8.64. The van der Waals surface area contributed by atoms with Gasteiger partial charge in [-0.3, -0.25) is 0 Å². The average molecular weight is 223 g/mol. The zero-order valence-corrected chi connectivity index (χ0v) is 7.13. The van der Waals surface area contributed by atoms with Gasteiger partial charge in [0.25, 0.3) is 0 Å². The molecule has 0 saturated carbocycles. The molecule has 0 saturated heterocycles. The molecule has 0 nitrogen and oxygen atoms in total. The number of hydrogen-bond acceptors (Lipinski definition) is 0. The molecule has 0 amide bonds. The summed E-state index contributed by atoms with van der Waals surface area (Å²) in [5.74, 6) is 0. The van der Waals surface area contributed by atoms with Crippen molar-refractivity contribution >= 4 is 26.3 Å². The Balaban J connectivity index is 2.59. The molecule has 0 spiro atoms. The Morgan fingerprint density at radius 3 is 2.14 bits per heavy atom. The molecule has 2 heteroatoms. The maximum absolute atomic E-state index is 3.04. The first-order valence-electron chi connectivity index (χ1n) is 2.07. The first kappa shape index (κ1) is 5.65. The summed E-state index contributed by atoms with van der Waals surface area (Å²) in [7, 11) is 0. The van der Waals surface area contributed by atoms with Gasteiger partial charge in [-0.15, -0.1) is 0 Å². The molecule has 0 aromatic carbocycles. The van der Waals surface area contributed by atoms with Crippen molar-refractivity contribution in [3.8, 4) is 0 Å². The van der Waals surface area contributed by atoms with E-state index in [1.807, 2.05) is 0 Å². The Bertz CT molecular complexity index is 112. The maximum atomic E-state index is 3.04. The van der Waals surface area contributed by atoms with Crippen molar-refractivity contribution in [2.45, 2.75) is 4.82 Å². The van der Waals surface area contributed by atoms with Crippen LogP contribution < -0.4 is 0 Å². The van der Waals surface area contributed by atoms with Crippen LogP contribution in [0, 0.1) is 0 Å². The fourth-order valence-corrected chi connectivity index (χ4v) is 2.52. The standard InChI is InChI=1S/C5H5Se2/c6-7-5-3-1-2-4-5/h1-5H. The van der Waals surface area contributed by atoms with E-state index in [9.17, 15) is 0 Å². The number of rotatable bonds is 1. The molecule has 7 heavy (non-hydrogen) atoms. The van der Waals surface area contributed by atoms with Crippen LogP contribution in [0.5, 0.6) is 0 Å². The van der Waals surface area contributed by atoms with Crippen LogP contribution in [0.3, 0.4) is 0 Å². The second-order valence-corrected chi connectivity index (χ2v) is 4.97. The van der Waals surface area contributed by atoms with E-state index in [2.05, 4.69) is 38.0 Å². The van der Waals surface area contributed by atoms with Gasteiger partial charge >= 0.3 is 55.4 Å². The van der Waals surface area contributed by atoms with Gasteiger partial charge in [0, 0.05) is 0 Å². The van der Waals surface area contributed by atoms with Gasteiger partial charge < -0.3 is 0 Å². The van der Waals surface area contributed by atoms with Crippen LogP contribution >= 0.6 is 0 Å². The molecule has 1 aliphatic rings. The van der Waals surface area contributed by atoms with Crippen molar-refractivity contribution in [1.82, 2.24) is 0 Å². The fourth-order valence-electron chi connectivity index (χ4n) is 0.476. The summed E-state index contributed by atoms with van der Waals surface area (Å²) in [4.78, 5) is 0.743. The van der Waals surface area contributed by atoms with Gasteiger partial charge in [-0.05, 0) is 0 Å². The SMILES string of the molecule is [Se]=[Se]C1C=CC=C1. The molecule has 1 radical (unpaired) electrons. The zero-order chi connectivity index (χ0) is 5.11. The normalized spacial score (nSPS) is 18.3. The molecule has 0 aliphatic heterocycles. The van der Waals surface area contributed by atoms with Crippen molar-refractivity contribution in [2.24, 2.45) is 0 Å². The minimum absolute atomic E-state index is 0.656. The average Bonchev–Trinajstić information content (AvgIpc) is 2.14. The summed E-state index contributed by atoms with van der Waals surface area (Å²) < 4.78 is 0. The summed E-state index contributed by atoms with van der Waals surface area (Å²) >= 11 is 3.70. The van der Waals surface area contributed by atoms with Gasteiger partial charge in [0.15, 0.2) is 0 Å². The Morgan fingerprint density at radius 2 is 1.86 bits per heavy atom. The van der Waals surface area contributed by atoms with Crippen LogP contribution in [0.15, 0.2) is 24.3 Å². The number of allylic oxidation sites excluding steroid dienone is 4. The summed E-state index contributed by atoms with van der Waals surface area (Å²) in [5.41, 5.74) is 0. The molecule has 0 N–H and O–H groups in total. The third kappa shape index (κ3) is 1.47. The summed E-state index contributed by atoms with van der Waals surface area (Å²) in [5, 5.41) is 0. The summed E-state index contributed by atoms with van der Waals surface area (Å²) in [6.45, 7) is 0. The molecule has 0 atom stereocenters. The second-order valence-electron chi connectivity index (χ2n) is 1.33. The Morgan fingerprint density at radius 1 is 1.29 bits per heavy atom. The molecule has 1 rings (SSSR count). The monoisotopic (exact) mass is 225 g/mol. The van der Waals surface area contributed by atoms with Gasteiger partial charge in [-0.2, -0.15) is 0 Å². The van der Waals surface area contributed by atoms with Gasteiger partial charge in [-0.25, -0.2) is 0 Å². The third-order valence-corrected chi connectivity index (χ3v) is 4.37. The first-order valence-corrected chi connectivity index (χ1v) is 7.39. The molecule has 0 fully saturated rings. The first-order chi connectivity index (χ1) is 3.43. The minimum atomic E-state index is 0.656. The molecule has 0 aromatic rings. The topological polar surface area (TPSA) is 0 Å².